The summed E-state index contributed by atoms with van der Waals surface area (Å²) in [6.45, 7) is 4.29. The van der Waals surface area contributed by atoms with Gasteiger partial charge in [-0.1, -0.05) is 35.9 Å². The summed E-state index contributed by atoms with van der Waals surface area (Å²) in [5.74, 6) is 0.746. The number of aromatic nitrogens is 2. The third kappa shape index (κ3) is 10.2. The van der Waals surface area contributed by atoms with Crippen molar-refractivity contribution < 1.29 is 17.9 Å². The number of amides is 2. The predicted molar refractivity (Wildman–Crippen MR) is 184 cm³/mol. The van der Waals surface area contributed by atoms with Gasteiger partial charge in [0.1, 0.15) is 5.75 Å². The molecule has 2 amide bonds. The molecule has 0 aliphatic carbocycles. The fourth-order valence-corrected chi connectivity index (χ4v) is 5.71. The number of sulfonamides is 1. The lowest BCUT2D eigenvalue weighted by molar-refractivity contribution is 0.199. The number of benzene rings is 2. The maximum Gasteiger partial charge on any atom is 0.326 e. The van der Waals surface area contributed by atoms with Gasteiger partial charge in [-0.3, -0.25) is 19.5 Å². The van der Waals surface area contributed by atoms with Gasteiger partial charge in [0.05, 0.1) is 28.9 Å². The molecule has 2 aromatic heterocycles. The SMILES string of the molecule is Cc1ccc(NC(=O)N(c2ccccc2)C2CCN(Cc3ccc(Oc4ccc(NS(C)(=O)=O)cc4Cl)nc3)CC2)cn1.Cl.Cl. The van der Waals surface area contributed by atoms with E-state index in [1.54, 1.807) is 30.6 Å². The standard InChI is InChI=1S/C31H33ClN6O4S.2ClH/c1-22-8-10-25(20-33-22)35-31(39)38(26-6-4-3-5-7-26)27-14-16-37(17-15-27)21-23-9-13-30(34-19-23)42-29-12-11-24(18-28(29)32)36-43(2,40)41;;/h3-13,18-20,27,36H,14-17,21H2,1-2H3,(H,35,39);2*1H. The van der Waals surface area contributed by atoms with Crippen LogP contribution in [0.3, 0.4) is 0 Å². The quantitative estimate of drug-likeness (QED) is 0.191. The van der Waals surface area contributed by atoms with E-state index >= 15 is 0 Å². The van der Waals surface area contributed by atoms with Crippen LogP contribution in [-0.4, -0.2) is 54.7 Å². The monoisotopic (exact) mass is 692 g/mol. The van der Waals surface area contributed by atoms with E-state index in [0.29, 0.717) is 23.0 Å². The Morgan fingerprint density at radius 2 is 1.69 bits per heavy atom. The van der Waals surface area contributed by atoms with Crippen LogP contribution in [0.4, 0.5) is 21.9 Å². The van der Waals surface area contributed by atoms with Crippen molar-refractivity contribution in [2.75, 3.05) is 34.3 Å². The number of nitrogens with zero attached hydrogens (tertiary/aromatic N) is 4. The summed E-state index contributed by atoms with van der Waals surface area (Å²) in [5, 5.41) is 3.27. The van der Waals surface area contributed by atoms with Crippen LogP contribution in [0.25, 0.3) is 0 Å². The first-order chi connectivity index (χ1) is 20.6. The third-order valence-corrected chi connectivity index (χ3v) is 7.89. The van der Waals surface area contributed by atoms with Crippen LogP contribution in [0, 0.1) is 6.92 Å². The number of hydrogen-bond donors (Lipinski definition) is 2. The van der Waals surface area contributed by atoms with E-state index in [1.807, 2.05) is 60.4 Å². The van der Waals surface area contributed by atoms with Crippen LogP contribution in [0.1, 0.15) is 24.1 Å². The minimum absolute atomic E-state index is 0. The Balaban J connectivity index is 0.00000276. The molecule has 0 radical (unpaired) electrons. The number of hydrogen-bond acceptors (Lipinski definition) is 7. The number of halogens is 3. The van der Waals surface area contributed by atoms with E-state index in [-0.39, 0.29) is 41.9 Å². The smallest absolute Gasteiger partial charge is 0.326 e. The van der Waals surface area contributed by atoms with Crippen molar-refractivity contribution in [1.82, 2.24) is 14.9 Å². The van der Waals surface area contributed by atoms with Gasteiger partial charge in [-0.05, 0) is 67.8 Å². The molecule has 14 heteroatoms. The van der Waals surface area contributed by atoms with Crippen molar-refractivity contribution in [3.8, 4) is 11.6 Å². The molecule has 1 saturated heterocycles. The Hall–Kier alpha value is -3.61. The van der Waals surface area contributed by atoms with Crippen molar-refractivity contribution >= 4 is 69.5 Å². The van der Waals surface area contributed by atoms with Crippen LogP contribution in [0.5, 0.6) is 11.6 Å². The summed E-state index contributed by atoms with van der Waals surface area (Å²) in [7, 11) is -3.41. The number of likely N-dealkylation sites (tertiary alicyclic amines) is 1. The van der Waals surface area contributed by atoms with Gasteiger partial charge in [0, 0.05) is 49.3 Å². The molecular formula is C31H35Cl3N6O4S. The number of carbonyl (C=O) groups excluding carboxylic acids is 1. The molecule has 3 heterocycles. The molecule has 1 fully saturated rings. The van der Waals surface area contributed by atoms with Gasteiger partial charge in [0.15, 0.2) is 0 Å². The minimum atomic E-state index is -3.41. The number of piperidine rings is 1. The van der Waals surface area contributed by atoms with E-state index < -0.39 is 10.0 Å². The Labute approximate surface area is 281 Å². The zero-order valence-electron chi connectivity index (χ0n) is 24.7. The van der Waals surface area contributed by atoms with Crippen molar-refractivity contribution in [1.29, 1.82) is 0 Å². The van der Waals surface area contributed by atoms with E-state index in [0.717, 1.165) is 55.7 Å². The molecule has 1 aliphatic rings. The van der Waals surface area contributed by atoms with E-state index in [4.69, 9.17) is 16.3 Å². The number of rotatable bonds is 9. The van der Waals surface area contributed by atoms with Gasteiger partial charge in [-0.25, -0.2) is 18.2 Å². The number of urea groups is 1. The summed E-state index contributed by atoms with van der Waals surface area (Å²) in [5.41, 5.74) is 3.80. The fourth-order valence-electron chi connectivity index (χ4n) is 4.94. The molecule has 2 aromatic carbocycles. The average molecular weight is 694 g/mol. The Morgan fingerprint density at radius 1 is 0.978 bits per heavy atom. The largest absolute Gasteiger partial charge is 0.437 e. The number of pyridine rings is 2. The molecule has 0 unspecified atom stereocenters. The third-order valence-electron chi connectivity index (χ3n) is 6.99. The number of ether oxygens (including phenoxy) is 1. The number of aryl methyl sites for hydroxylation is 1. The lowest BCUT2D eigenvalue weighted by Gasteiger charge is -2.38. The molecule has 0 spiro atoms. The van der Waals surface area contributed by atoms with Crippen molar-refractivity contribution in [3.63, 3.8) is 0 Å². The predicted octanol–water partition coefficient (Wildman–Crippen LogP) is 7.15. The van der Waals surface area contributed by atoms with Crippen LogP contribution in [0.2, 0.25) is 5.02 Å². The second-order valence-corrected chi connectivity index (χ2v) is 12.6. The Kier molecular flexibility index (Phi) is 12.8. The lowest BCUT2D eigenvalue weighted by Crippen LogP contribution is -2.49. The summed E-state index contributed by atoms with van der Waals surface area (Å²) >= 11 is 6.28. The normalized spacial score (nSPS) is 13.6. The highest BCUT2D eigenvalue weighted by Gasteiger charge is 2.29. The molecule has 5 rings (SSSR count). The van der Waals surface area contributed by atoms with Crippen LogP contribution in [0.15, 0.2) is 85.2 Å². The van der Waals surface area contributed by atoms with E-state index in [9.17, 15) is 13.2 Å². The maximum absolute atomic E-state index is 13.4. The van der Waals surface area contributed by atoms with Gasteiger partial charge in [0.25, 0.3) is 0 Å². The molecule has 1 aliphatic heterocycles. The van der Waals surface area contributed by atoms with Gasteiger partial charge >= 0.3 is 6.03 Å². The van der Waals surface area contributed by atoms with Gasteiger partial charge < -0.3 is 10.1 Å². The Bertz CT molecular complexity index is 1660. The number of anilines is 3. The summed E-state index contributed by atoms with van der Waals surface area (Å²) in [6, 6.07) is 21.8. The van der Waals surface area contributed by atoms with Crippen molar-refractivity contribution in [2.24, 2.45) is 0 Å². The van der Waals surface area contributed by atoms with E-state index in [1.165, 1.54) is 6.07 Å². The Morgan fingerprint density at radius 3 is 2.29 bits per heavy atom. The number of carbonyl (C=O) groups is 1. The van der Waals surface area contributed by atoms with Crippen LogP contribution in [-0.2, 0) is 16.6 Å². The van der Waals surface area contributed by atoms with Crippen LogP contribution < -0.4 is 19.7 Å². The first-order valence-electron chi connectivity index (χ1n) is 13.8. The molecule has 240 valence electrons. The second kappa shape index (κ2) is 16.1. The zero-order chi connectivity index (χ0) is 30.4. The second-order valence-electron chi connectivity index (χ2n) is 10.5. The lowest BCUT2D eigenvalue weighted by atomic mass is 10.0. The molecule has 0 bridgehead atoms. The first kappa shape index (κ1) is 35.9. The highest BCUT2D eigenvalue weighted by Crippen LogP contribution is 2.31. The highest BCUT2D eigenvalue weighted by molar-refractivity contribution is 7.92. The van der Waals surface area contributed by atoms with Crippen LogP contribution >= 0.6 is 36.4 Å². The summed E-state index contributed by atoms with van der Waals surface area (Å²) < 4.78 is 31.1. The van der Waals surface area contributed by atoms with E-state index in [2.05, 4.69) is 24.9 Å². The van der Waals surface area contributed by atoms with Crippen molar-refractivity contribution in [2.45, 2.75) is 32.4 Å². The molecule has 10 nitrogen and oxygen atoms in total. The molecule has 0 atom stereocenters. The zero-order valence-corrected chi connectivity index (χ0v) is 27.9. The molecule has 2 N–H and O–H groups in total. The minimum Gasteiger partial charge on any atom is -0.437 e. The molecule has 0 saturated carbocycles. The highest BCUT2D eigenvalue weighted by atomic mass is 35.5. The topological polar surface area (TPSA) is 117 Å². The summed E-state index contributed by atoms with van der Waals surface area (Å²) in [4.78, 5) is 26.4. The first-order valence-corrected chi connectivity index (χ1v) is 16.1. The average Bonchev–Trinajstić information content (AvgIpc) is 2.97. The number of para-hydroxylation sites is 1. The maximum atomic E-state index is 13.4. The van der Waals surface area contributed by atoms with Crippen molar-refractivity contribution in [3.05, 3.63) is 101 Å². The fraction of sp³-hybridized carbons (Fsp3) is 0.258. The van der Waals surface area contributed by atoms with Gasteiger partial charge in [-0.15, -0.1) is 24.8 Å². The van der Waals surface area contributed by atoms with Gasteiger partial charge in [-0.2, -0.15) is 0 Å². The molecular weight excluding hydrogens is 659 g/mol. The summed E-state index contributed by atoms with van der Waals surface area (Å²) in [6.07, 6.45) is 6.17. The number of nitrogens with one attached hydrogen (secondary N) is 2. The van der Waals surface area contributed by atoms with Gasteiger partial charge in [0.2, 0.25) is 15.9 Å². The molecule has 45 heavy (non-hydrogen) atoms. The molecule has 4 aromatic rings.